The van der Waals surface area contributed by atoms with E-state index in [1.54, 1.807) is 13.0 Å². The van der Waals surface area contributed by atoms with Crippen LogP contribution in [0.15, 0.2) is 18.2 Å². The fraction of sp³-hybridized carbons (Fsp3) is 0.467. The predicted molar refractivity (Wildman–Crippen MR) is 74.3 cm³/mol. The summed E-state index contributed by atoms with van der Waals surface area (Å²) in [6.45, 7) is 2.87. The van der Waals surface area contributed by atoms with Gasteiger partial charge in [0.1, 0.15) is 5.41 Å². The normalized spacial score (nSPS) is 16.8. The highest BCUT2D eigenvalue weighted by Crippen LogP contribution is 2.31. The highest BCUT2D eigenvalue weighted by molar-refractivity contribution is 5.97. The van der Waals surface area contributed by atoms with Gasteiger partial charge >= 0.3 is 0 Å². The summed E-state index contributed by atoms with van der Waals surface area (Å²) in [6, 6.07) is 6.27. The number of benzene rings is 1. The molecule has 1 saturated heterocycles. The molecule has 0 aliphatic carbocycles. The third-order valence-corrected chi connectivity index (χ3v) is 3.48. The summed E-state index contributed by atoms with van der Waals surface area (Å²) in [5.74, 6) is -0.832. The van der Waals surface area contributed by atoms with Crippen molar-refractivity contribution in [1.29, 1.82) is 5.26 Å². The fourth-order valence-electron chi connectivity index (χ4n) is 2.21. The van der Waals surface area contributed by atoms with E-state index in [2.05, 4.69) is 11.4 Å². The monoisotopic (exact) mass is 292 g/mol. The first-order valence-corrected chi connectivity index (χ1v) is 6.84. The van der Waals surface area contributed by atoms with Crippen LogP contribution in [0.5, 0.6) is 5.75 Å². The Morgan fingerprint density at radius 3 is 2.81 bits per heavy atom. The first kappa shape index (κ1) is 15.3. The molecule has 6 heteroatoms. The maximum absolute atomic E-state index is 13.7. The molecule has 21 heavy (non-hydrogen) atoms. The third-order valence-electron chi connectivity index (χ3n) is 3.48. The highest BCUT2D eigenvalue weighted by atomic mass is 19.1. The van der Waals surface area contributed by atoms with E-state index in [1.165, 1.54) is 12.1 Å². The lowest BCUT2D eigenvalue weighted by Gasteiger charge is -2.29. The molecule has 2 rings (SSSR count). The van der Waals surface area contributed by atoms with Crippen molar-refractivity contribution < 1.29 is 18.7 Å². The Morgan fingerprint density at radius 2 is 2.24 bits per heavy atom. The Kier molecular flexibility index (Phi) is 4.76. The van der Waals surface area contributed by atoms with E-state index in [0.29, 0.717) is 38.3 Å². The molecule has 1 aromatic rings. The lowest BCUT2D eigenvalue weighted by Crippen LogP contribution is -2.39. The average molecular weight is 292 g/mol. The molecular formula is C15H17FN2O3. The number of halogens is 1. The van der Waals surface area contributed by atoms with Crippen molar-refractivity contribution in [2.24, 2.45) is 5.41 Å². The number of nitrogens with one attached hydrogen (secondary N) is 1. The first-order valence-electron chi connectivity index (χ1n) is 6.84. The van der Waals surface area contributed by atoms with Crippen molar-refractivity contribution in [2.45, 2.75) is 19.8 Å². The summed E-state index contributed by atoms with van der Waals surface area (Å²) >= 11 is 0. The van der Waals surface area contributed by atoms with Gasteiger partial charge in [-0.15, -0.1) is 0 Å². The molecule has 1 aromatic carbocycles. The van der Waals surface area contributed by atoms with Crippen LogP contribution in [0.4, 0.5) is 10.1 Å². The molecule has 0 unspecified atom stereocenters. The zero-order valence-corrected chi connectivity index (χ0v) is 11.8. The number of amides is 1. The molecule has 1 amide bonds. The zero-order valence-electron chi connectivity index (χ0n) is 11.8. The van der Waals surface area contributed by atoms with E-state index >= 15 is 0 Å². The lowest BCUT2D eigenvalue weighted by molar-refractivity contribution is -0.126. The molecule has 1 fully saturated rings. The van der Waals surface area contributed by atoms with Gasteiger partial charge in [-0.1, -0.05) is 0 Å². The number of nitrogens with zero attached hydrogens (tertiary/aromatic N) is 1. The smallest absolute Gasteiger partial charge is 0.245 e. The molecule has 0 spiro atoms. The van der Waals surface area contributed by atoms with E-state index in [0.717, 1.165) is 0 Å². The van der Waals surface area contributed by atoms with Crippen LogP contribution < -0.4 is 10.1 Å². The van der Waals surface area contributed by atoms with Gasteiger partial charge in [0.05, 0.1) is 12.7 Å². The number of hydrogen-bond donors (Lipinski definition) is 1. The standard InChI is InChI=1S/C15H17FN2O3/c1-2-21-13-4-3-11(9-12(13)16)18-14(19)15(10-17)5-7-20-8-6-15/h3-4,9H,2,5-8H2,1H3,(H,18,19). The van der Waals surface area contributed by atoms with Crippen LogP contribution in [0, 0.1) is 22.6 Å². The fourth-order valence-corrected chi connectivity index (χ4v) is 2.21. The molecule has 112 valence electrons. The number of rotatable bonds is 4. The Hall–Kier alpha value is -2.13. The molecule has 1 aliphatic rings. The van der Waals surface area contributed by atoms with Gasteiger partial charge in [0.25, 0.3) is 0 Å². The van der Waals surface area contributed by atoms with Crippen molar-refractivity contribution in [3.05, 3.63) is 24.0 Å². The second kappa shape index (κ2) is 6.55. The van der Waals surface area contributed by atoms with E-state index in [-0.39, 0.29) is 5.75 Å². The van der Waals surface area contributed by atoms with Gasteiger partial charge in [-0.2, -0.15) is 5.26 Å². The Morgan fingerprint density at radius 1 is 1.52 bits per heavy atom. The minimum atomic E-state index is -1.10. The molecule has 0 aromatic heterocycles. The number of carbonyl (C=O) groups is 1. The number of hydrogen-bond acceptors (Lipinski definition) is 4. The minimum Gasteiger partial charge on any atom is -0.491 e. The van der Waals surface area contributed by atoms with Crippen LogP contribution in [-0.2, 0) is 9.53 Å². The molecule has 0 radical (unpaired) electrons. The third kappa shape index (κ3) is 3.31. The molecule has 1 N–H and O–H groups in total. The van der Waals surface area contributed by atoms with E-state index in [1.807, 2.05) is 0 Å². The van der Waals surface area contributed by atoms with Crippen LogP contribution in [0.1, 0.15) is 19.8 Å². The number of anilines is 1. The SMILES string of the molecule is CCOc1ccc(NC(=O)C2(C#N)CCOCC2)cc1F. The van der Waals surface area contributed by atoms with Crippen LogP contribution in [0.2, 0.25) is 0 Å². The van der Waals surface area contributed by atoms with Crippen LogP contribution in [0.25, 0.3) is 0 Å². The summed E-state index contributed by atoms with van der Waals surface area (Å²) < 4.78 is 24.0. The molecule has 1 aliphatic heterocycles. The second-order valence-corrected chi connectivity index (χ2v) is 4.84. The van der Waals surface area contributed by atoms with Gasteiger partial charge in [0, 0.05) is 25.0 Å². The minimum absolute atomic E-state index is 0.136. The number of carbonyl (C=O) groups excluding carboxylic acids is 1. The summed E-state index contributed by atoms with van der Waals surface area (Å²) in [6.07, 6.45) is 0.684. The maximum Gasteiger partial charge on any atom is 0.245 e. The summed E-state index contributed by atoms with van der Waals surface area (Å²) in [5, 5.41) is 11.9. The van der Waals surface area contributed by atoms with Gasteiger partial charge in [0.2, 0.25) is 5.91 Å². The Balaban J connectivity index is 2.12. The molecule has 0 atom stereocenters. The molecular weight excluding hydrogens is 275 g/mol. The van der Waals surface area contributed by atoms with Gasteiger partial charge in [-0.25, -0.2) is 4.39 Å². The van der Waals surface area contributed by atoms with E-state index in [4.69, 9.17) is 9.47 Å². The second-order valence-electron chi connectivity index (χ2n) is 4.84. The van der Waals surface area contributed by atoms with Gasteiger partial charge < -0.3 is 14.8 Å². The van der Waals surface area contributed by atoms with Gasteiger partial charge in [-0.3, -0.25) is 4.79 Å². The van der Waals surface area contributed by atoms with Gasteiger partial charge in [0.15, 0.2) is 11.6 Å². The molecule has 5 nitrogen and oxygen atoms in total. The largest absolute Gasteiger partial charge is 0.491 e. The van der Waals surface area contributed by atoms with E-state index in [9.17, 15) is 14.4 Å². The van der Waals surface area contributed by atoms with Crippen LogP contribution in [-0.4, -0.2) is 25.7 Å². The lowest BCUT2D eigenvalue weighted by atomic mass is 9.81. The van der Waals surface area contributed by atoms with Crippen molar-refractivity contribution in [2.75, 3.05) is 25.1 Å². The topological polar surface area (TPSA) is 71.3 Å². The van der Waals surface area contributed by atoms with Crippen molar-refractivity contribution in [3.8, 4) is 11.8 Å². The predicted octanol–water partition coefficient (Wildman–Crippen LogP) is 2.48. The molecule has 0 bridgehead atoms. The van der Waals surface area contributed by atoms with Crippen LogP contribution in [0.3, 0.4) is 0 Å². The van der Waals surface area contributed by atoms with Crippen molar-refractivity contribution >= 4 is 11.6 Å². The molecule has 0 saturated carbocycles. The van der Waals surface area contributed by atoms with E-state index < -0.39 is 17.1 Å². The Bertz CT molecular complexity index is 563. The van der Waals surface area contributed by atoms with Gasteiger partial charge in [-0.05, 0) is 31.9 Å². The Labute approximate surface area is 122 Å². The highest BCUT2D eigenvalue weighted by Gasteiger charge is 2.40. The number of ether oxygens (including phenoxy) is 2. The zero-order chi connectivity index (χ0) is 15.3. The number of nitriles is 1. The summed E-state index contributed by atoms with van der Waals surface area (Å²) in [7, 11) is 0. The average Bonchev–Trinajstić information content (AvgIpc) is 2.50. The maximum atomic E-state index is 13.7. The van der Waals surface area contributed by atoms with Crippen molar-refractivity contribution in [1.82, 2.24) is 0 Å². The summed E-state index contributed by atoms with van der Waals surface area (Å²) in [4.78, 5) is 12.3. The first-order chi connectivity index (χ1) is 10.1. The van der Waals surface area contributed by atoms with Crippen molar-refractivity contribution in [3.63, 3.8) is 0 Å². The molecule has 1 heterocycles. The summed E-state index contributed by atoms with van der Waals surface area (Å²) in [5.41, 5.74) is -0.796. The quantitative estimate of drug-likeness (QED) is 0.925. The van der Waals surface area contributed by atoms with Crippen LogP contribution >= 0.6 is 0 Å².